The van der Waals surface area contributed by atoms with Crippen molar-refractivity contribution < 1.29 is 5.11 Å². The standard InChI is InChI=1S/C14H10N4O2/c15-7-10-13(19)12-11(17-14(10)20)5-6-18(12)9-3-1-8(16)2-4-9/h1-6H,16H2,(H2,17,19,20). The zero-order valence-electron chi connectivity index (χ0n) is 10.3. The minimum Gasteiger partial charge on any atom is -0.504 e. The number of anilines is 1. The van der Waals surface area contributed by atoms with E-state index in [1.807, 2.05) is 0 Å². The maximum Gasteiger partial charge on any atom is 0.270 e. The number of nitrogens with zero attached hydrogens (tertiary/aromatic N) is 2. The Kier molecular flexibility index (Phi) is 2.48. The molecule has 4 N–H and O–H groups in total. The van der Waals surface area contributed by atoms with Gasteiger partial charge >= 0.3 is 0 Å². The molecule has 0 aliphatic carbocycles. The Morgan fingerprint density at radius 1 is 1.25 bits per heavy atom. The Bertz CT molecular complexity index is 898. The van der Waals surface area contributed by atoms with Crippen molar-refractivity contribution in [2.75, 3.05) is 5.73 Å². The number of nitrogens with one attached hydrogen (secondary N) is 1. The van der Waals surface area contributed by atoms with Crippen LogP contribution in [0.15, 0.2) is 41.3 Å². The van der Waals surface area contributed by atoms with Gasteiger partial charge < -0.3 is 20.4 Å². The van der Waals surface area contributed by atoms with E-state index in [9.17, 15) is 9.90 Å². The fourth-order valence-corrected chi connectivity index (χ4v) is 2.14. The molecule has 0 radical (unpaired) electrons. The van der Waals surface area contributed by atoms with E-state index >= 15 is 0 Å². The van der Waals surface area contributed by atoms with Crippen LogP contribution in [0.25, 0.3) is 16.7 Å². The number of aromatic amines is 1. The van der Waals surface area contributed by atoms with Crippen molar-refractivity contribution in [1.82, 2.24) is 9.55 Å². The van der Waals surface area contributed by atoms with Crippen molar-refractivity contribution in [3.8, 4) is 17.5 Å². The van der Waals surface area contributed by atoms with Crippen LogP contribution in [0.2, 0.25) is 0 Å². The van der Waals surface area contributed by atoms with Gasteiger partial charge in [0.2, 0.25) is 0 Å². The molecular formula is C14H10N4O2. The third kappa shape index (κ3) is 1.61. The first-order chi connectivity index (χ1) is 9.61. The van der Waals surface area contributed by atoms with Gasteiger partial charge in [0.05, 0.1) is 5.52 Å². The molecule has 98 valence electrons. The summed E-state index contributed by atoms with van der Waals surface area (Å²) >= 11 is 0. The zero-order chi connectivity index (χ0) is 14.3. The van der Waals surface area contributed by atoms with E-state index < -0.39 is 5.56 Å². The van der Waals surface area contributed by atoms with E-state index in [0.717, 1.165) is 5.69 Å². The Labute approximate surface area is 113 Å². The number of aromatic hydroxyl groups is 1. The quantitative estimate of drug-likeness (QED) is 0.579. The summed E-state index contributed by atoms with van der Waals surface area (Å²) in [7, 11) is 0. The number of nitriles is 1. The average molecular weight is 266 g/mol. The normalized spacial score (nSPS) is 10.6. The number of nitrogen functional groups attached to an aromatic ring is 1. The molecule has 2 aromatic heterocycles. The van der Waals surface area contributed by atoms with Crippen LogP contribution in [0.1, 0.15) is 5.56 Å². The fourth-order valence-electron chi connectivity index (χ4n) is 2.14. The van der Waals surface area contributed by atoms with Gasteiger partial charge in [0, 0.05) is 17.6 Å². The molecule has 0 amide bonds. The van der Waals surface area contributed by atoms with Gasteiger partial charge in [0.25, 0.3) is 5.56 Å². The number of benzene rings is 1. The zero-order valence-corrected chi connectivity index (χ0v) is 10.3. The molecule has 0 atom stereocenters. The van der Waals surface area contributed by atoms with E-state index in [2.05, 4.69) is 4.98 Å². The second-order valence-electron chi connectivity index (χ2n) is 4.33. The number of nitrogens with two attached hydrogens (primary N) is 1. The minimum absolute atomic E-state index is 0.298. The lowest BCUT2D eigenvalue weighted by atomic mass is 10.2. The third-order valence-corrected chi connectivity index (χ3v) is 3.11. The molecule has 0 fully saturated rings. The lowest BCUT2D eigenvalue weighted by Gasteiger charge is -2.07. The number of pyridine rings is 1. The maximum atomic E-state index is 11.6. The second-order valence-corrected chi connectivity index (χ2v) is 4.33. The van der Waals surface area contributed by atoms with Gasteiger partial charge in [-0.1, -0.05) is 0 Å². The van der Waals surface area contributed by atoms with Gasteiger partial charge in [-0.05, 0) is 30.3 Å². The van der Waals surface area contributed by atoms with E-state index in [4.69, 9.17) is 11.0 Å². The molecule has 3 aromatic rings. The van der Waals surface area contributed by atoms with Gasteiger partial charge in [-0.25, -0.2) is 0 Å². The van der Waals surface area contributed by atoms with Crippen LogP contribution in [-0.4, -0.2) is 14.7 Å². The van der Waals surface area contributed by atoms with E-state index in [0.29, 0.717) is 16.7 Å². The number of hydrogen-bond acceptors (Lipinski definition) is 4. The Morgan fingerprint density at radius 3 is 2.60 bits per heavy atom. The van der Waals surface area contributed by atoms with Crippen molar-refractivity contribution in [2.45, 2.75) is 0 Å². The lowest BCUT2D eigenvalue weighted by molar-refractivity contribution is 0.476. The van der Waals surface area contributed by atoms with Crippen molar-refractivity contribution in [3.63, 3.8) is 0 Å². The van der Waals surface area contributed by atoms with Gasteiger partial charge in [-0.15, -0.1) is 0 Å². The molecule has 3 rings (SSSR count). The van der Waals surface area contributed by atoms with Crippen LogP contribution in [0.4, 0.5) is 5.69 Å². The molecule has 20 heavy (non-hydrogen) atoms. The van der Waals surface area contributed by atoms with Crippen LogP contribution < -0.4 is 11.3 Å². The Hall–Kier alpha value is -3.20. The monoisotopic (exact) mass is 266 g/mol. The Morgan fingerprint density at radius 2 is 1.95 bits per heavy atom. The molecule has 6 heteroatoms. The highest BCUT2D eigenvalue weighted by atomic mass is 16.3. The number of hydrogen-bond donors (Lipinski definition) is 3. The maximum absolute atomic E-state index is 11.6. The molecule has 0 aliphatic heterocycles. The molecule has 0 bridgehead atoms. The number of fused-ring (bicyclic) bond motifs is 1. The lowest BCUT2D eigenvalue weighted by Crippen LogP contribution is -2.10. The Balaban J connectivity index is 2.36. The topological polar surface area (TPSA) is 108 Å². The summed E-state index contributed by atoms with van der Waals surface area (Å²) < 4.78 is 1.68. The van der Waals surface area contributed by atoms with Gasteiger partial charge in [0.1, 0.15) is 11.6 Å². The molecular weight excluding hydrogens is 256 g/mol. The molecule has 0 saturated carbocycles. The molecule has 6 nitrogen and oxygen atoms in total. The third-order valence-electron chi connectivity index (χ3n) is 3.11. The van der Waals surface area contributed by atoms with Crippen molar-refractivity contribution in [3.05, 3.63) is 52.4 Å². The van der Waals surface area contributed by atoms with Gasteiger partial charge in [0.15, 0.2) is 11.3 Å². The molecule has 0 spiro atoms. The van der Waals surface area contributed by atoms with Crippen LogP contribution in [0.3, 0.4) is 0 Å². The van der Waals surface area contributed by atoms with Crippen LogP contribution >= 0.6 is 0 Å². The SMILES string of the molecule is N#Cc1c(O)c2c(ccn2-c2ccc(N)cc2)[nH]c1=O. The number of rotatable bonds is 1. The predicted molar refractivity (Wildman–Crippen MR) is 74.7 cm³/mol. The van der Waals surface area contributed by atoms with Crippen LogP contribution in [0, 0.1) is 11.3 Å². The molecule has 0 saturated heterocycles. The van der Waals surface area contributed by atoms with Gasteiger partial charge in [-0.3, -0.25) is 4.79 Å². The highest BCUT2D eigenvalue weighted by Gasteiger charge is 2.15. The summed E-state index contributed by atoms with van der Waals surface area (Å²) in [5.74, 6) is -0.326. The smallest absolute Gasteiger partial charge is 0.270 e. The van der Waals surface area contributed by atoms with Crippen molar-refractivity contribution in [1.29, 1.82) is 5.26 Å². The first kappa shape index (κ1) is 11.9. The summed E-state index contributed by atoms with van der Waals surface area (Å²) in [6.07, 6.45) is 1.70. The molecule has 0 unspecified atom stereocenters. The molecule has 0 aliphatic rings. The minimum atomic E-state index is -0.604. The predicted octanol–water partition coefficient (Wildman–Crippen LogP) is 1.48. The number of aromatic nitrogens is 2. The van der Waals surface area contributed by atoms with E-state index in [1.165, 1.54) is 0 Å². The van der Waals surface area contributed by atoms with Crippen molar-refractivity contribution in [2.24, 2.45) is 0 Å². The molecule has 2 heterocycles. The second kappa shape index (κ2) is 4.17. The van der Waals surface area contributed by atoms with E-state index in [-0.39, 0.29) is 11.3 Å². The highest BCUT2D eigenvalue weighted by Crippen LogP contribution is 2.28. The average Bonchev–Trinajstić information content (AvgIpc) is 2.84. The highest BCUT2D eigenvalue weighted by molar-refractivity contribution is 5.86. The summed E-state index contributed by atoms with van der Waals surface area (Å²) in [6, 6.07) is 10.4. The first-order valence-electron chi connectivity index (χ1n) is 5.84. The number of H-pyrrole nitrogens is 1. The summed E-state index contributed by atoms with van der Waals surface area (Å²) in [5.41, 5.74) is 6.97. The fraction of sp³-hybridized carbons (Fsp3) is 0. The largest absolute Gasteiger partial charge is 0.504 e. The first-order valence-corrected chi connectivity index (χ1v) is 5.84. The molecule has 1 aromatic carbocycles. The summed E-state index contributed by atoms with van der Waals surface area (Å²) in [4.78, 5) is 14.2. The van der Waals surface area contributed by atoms with Gasteiger partial charge in [-0.2, -0.15) is 5.26 Å². The summed E-state index contributed by atoms with van der Waals surface area (Å²) in [5, 5.41) is 19.1. The summed E-state index contributed by atoms with van der Waals surface area (Å²) in [6.45, 7) is 0. The van der Waals surface area contributed by atoms with Crippen molar-refractivity contribution >= 4 is 16.7 Å². The van der Waals surface area contributed by atoms with Crippen LogP contribution in [0.5, 0.6) is 5.75 Å². The van der Waals surface area contributed by atoms with Crippen LogP contribution in [-0.2, 0) is 0 Å². The van der Waals surface area contributed by atoms with E-state index in [1.54, 1.807) is 47.2 Å².